The Balaban J connectivity index is 1.50. The monoisotopic (exact) mass is 514 g/mol. The maximum Gasteiger partial charge on any atom is 0.340 e. The molecular weight excluding hydrogens is 480 g/mol. The maximum absolute atomic E-state index is 13.3. The quantitative estimate of drug-likeness (QED) is 0.493. The Bertz CT molecular complexity index is 1180. The SMILES string of the molecule is CC(C)(C)OC(=O)c1ccc(NC(=O)C(OC2CCCCC2)c2ccc(S(=O)(=O)C3CC3)cc2)nc1. The highest BCUT2D eigenvalue weighted by molar-refractivity contribution is 7.92. The van der Waals surface area contributed by atoms with Gasteiger partial charge in [-0.15, -0.1) is 0 Å². The summed E-state index contributed by atoms with van der Waals surface area (Å²) in [5.74, 6) is -0.624. The number of rotatable bonds is 8. The van der Waals surface area contributed by atoms with Crippen molar-refractivity contribution in [2.75, 3.05) is 5.32 Å². The summed E-state index contributed by atoms with van der Waals surface area (Å²) in [4.78, 5) is 30.0. The van der Waals surface area contributed by atoms with Crippen LogP contribution in [0.5, 0.6) is 0 Å². The number of hydrogen-bond acceptors (Lipinski definition) is 7. The summed E-state index contributed by atoms with van der Waals surface area (Å²) in [5, 5.41) is 2.48. The zero-order chi connectivity index (χ0) is 25.9. The van der Waals surface area contributed by atoms with E-state index in [9.17, 15) is 18.0 Å². The first-order valence-corrected chi connectivity index (χ1v) is 14.1. The molecule has 1 unspecified atom stereocenters. The summed E-state index contributed by atoms with van der Waals surface area (Å²) in [5.41, 5.74) is 0.241. The number of nitrogens with zero attached hydrogens (tertiary/aromatic N) is 1. The van der Waals surface area contributed by atoms with Crippen LogP contribution in [0, 0.1) is 0 Å². The molecule has 2 saturated carbocycles. The second kappa shape index (κ2) is 10.7. The molecule has 1 heterocycles. The number of aromatic nitrogens is 1. The van der Waals surface area contributed by atoms with Crippen LogP contribution in [0.25, 0.3) is 0 Å². The first kappa shape index (κ1) is 26.3. The van der Waals surface area contributed by atoms with Crippen LogP contribution in [-0.2, 0) is 24.1 Å². The molecule has 2 fully saturated rings. The van der Waals surface area contributed by atoms with E-state index < -0.39 is 33.4 Å². The van der Waals surface area contributed by atoms with Crippen molar-refractivity contribution in [2.24, 2.45) is 0 Å². The van der Waals surface area contributed by atoms with Crippen molar-refractivity contribution in [1.29, 1.82) is 0 Å². The van der Waals surface area contributed by atoms with Gasteiger partial charge in [0, 0.05) is 6.20 Å². The smallest absolute Gasteiger partial charge is 0.340 e. The lowest BCUT2D eigenvalue weighted by Crippen LogP contribution is -2.29. The highest BCUT2D eigenvalue weighted by Gasteiger charge is 2.37. The number of carbonyl (C=O) groups is 2. The molecule has 8 nitrogen and oxygen atoms in total. The maximum atomic E-state index is 13.3. The molecule has 1 atom stereocenters. The fourth-order valence-electron chi connectivity index (χ4n) is 4.21. The summed E-state index contributed by atoms with van der Waals surface area (Å²) < 4.78 is 36.7. The number of ether oxygens (including phenoxy) is 2. The van der Waals surface area contributed by atoms with E-state index in [1.807, 2.05) is 0 Å². The van der Waals surface area contributed by atoms with Gasteiger partial charge in [-0.25, -0.2) is 18.2 Å². The average molecular weight is 515 g/mol. The molecule has 0 aliphatic heterocycles. The van der Waals surface area contributed by atoms with Gasteiger partial charge in [-0.2, -0.15) is 0 Å². The minimum absolute atomic E-state index is 0.0492. The zero-order valence-corrected chi connectivity index (χ0v) is 21.8. The first-order valence-electron chi connectivity index (χ1n) is 12.5. The molecule has 0 spiro atoms. The lowest BCUT2D eigenvalue weighted by atomic mass is 9.97. The molecule has 4 rings (SSSR count). The van der Waals surface area contributed by atoms with E-state index in [0.717, 1.165) is 32.1 Å². The number of sulfone groups is 1. The number of pyridine rings is 1. The predicted octanol–water partition coefficient (Wildman–Crippen LogP) is 5.00. The van der Waals surface area contributed by atoms with E-state index in [1.165, 1.54) is 6.20 Å². The van der Waals surface area contributed by atoms with Gasteiger partial charge in [-0.1, -0.05) is 31.4 Å². The van der Waals surface area contributed by atoms with Gasteiger partial charge in [0.1, 0.15) is 11.4 Å². The fourth-order valence-corrected chi connectivity index (χ4v) is 5.86. The van der Waals surface area contributed by atoms with Crippen LogP contribution in [0.15, 0.2) is 47.5 Å². The highest BCUT2D eigenvalue weighted by Crippen LogP contribution is 2.34. The van der Waals surface area contributed by atoms with Crippen molar-refractivity contribution >= 4 is 27.5 Å². The lowest BCUT2D eigenvalue weighted by molar-refractivity contribution is -0.133. The third-order valence-electron chi connectivity index (χ3n) is 6.24. The van der Waals surface area contributed by atoms with Gasteiger partial charge in [-0.05, 0) is 76.3 Å². The third kappa shape index (κ3) is 6.70. The summed E-state index contributed by atoms with van der Waals surface area (Å²) in [6, 6.07) is 9.51. The zero-order valence-electron chi connectivity index (χ0n) is 21.0. The van der Waals surface area contributed by atoms with Crippen molar-refractivity contribution in [2.45, 2.75) is 93.7 Å². The van der Waals surface area contributed by atoms with E-state index in [4.69, 9.17) is 9.47 Å². The van der Waals surface area contributed by atoms with Gasteiger partial charge >= 0.3 is 5.97 Å². The second-order valence-electron chi connectivity index (χ2n) is 10.5. The van der Waals surface area contributed by atoms with Gasteiger partial charge in [-0.3, -0.25) is 4.79 Å². The minimum atomic E-state index is -3.32. The molecule has 1 aromatic carbocycles. The van der Waals surface area contributed by atoms with Crippen LogP contribution in [-0.4, -0.2) is 42.2 Å². The molecule has 0 saturated heterocycles. The molecule has 1 aromatic heterocycles. The van der Waals surface area contributed by atoms with Crippen LogP contribution in [0.4, 0.5) is 5.82 Å². The number of anilines is 1. The van der Waals surface area contributed by atoms with Crippen LogP contribution in [0.2, 0.25) is 0 Å². The fraction of sp³-hybridized carbons (Fsp3) is 0.519. The second-order valence-corrected chi connectivity index (χ2v) is 12.7. The van der Waals surface area contributed by atoms with Crippen molar-refractivity contribution in [3.63, 3.8) is 0 Å². The van der Waals surface area contributed by atoms with Gasteiger partial charge < -0.3 is 14.8 Å². The Kier molecular flexibility index (Phi) is 7.80. The molecule has 2 aliphatic rings. The highest BCUT2D eigenvalue weighted by atomic mass is 32.2. The topological polar surface area (TPSA) is 112 Å². The number of hydrogen-bond donors (Lipinski definition) is 1. The summed E-state index contributed by atoms with van der Waals surface area (Å²) in [6.07, 6.45) is 6.78. The van der Waals surface area contributed by atoms with Gasteiger partial charge in [0.25, 0.3) is 5.91 Å². The van der Waals surface area contributed by atoms with Crippen LogP contribution in [0.1, 0.15) is 87.7 Å². The van der Waals surface area contributed by atoms with E-state index in [1.54, 1.807) is 57.2 Å². The Hall–Kier alpha value is -2.78. The molecule has 9 heteroatoms. The molecule has 2 aliphatic carbocycles. The first-order chi connectivity index (χ1) is 17.0. The van der Waals surface area contributed by atoms with E-state index in [2.05, 4.69) is 10.3 Å². The van der Waals surface area contributed by atoms with Gasteiger partial charge in [0.2, 0.25) is 0 Å². The van der Waals surface area contributed by atoms with Gasteiger partial charge in [0.15, 0.2) is 15.9 Å². The average Bonchev–Trinajstić information content (AvgIpc) is 3.69. The molecule has 1 amide bonds. The van der Waals surface area contributed by atoms with Crippen LogP contribution in [0.3, 0.4) is 0 Å². The molecule has 194 valence electrons. The standard InChI is InChI=1S/C27H34N2O6S/c1-27(2,3)35-26(31)19-11-16-23(28-17-19)29-25(30)24(34-20-7-5-4-6-8-20)18-9-12-21(13-10-18)36(32,33)22-14-15-22/h9-13,16-17,20,22,24H,4-8,14-15H2,1-3H3,(H,28,29,30). The summed E-state index contributed by atoms with van der Waals surface area (Å²) >= 11 is 0. The number of carbonyl (C=O) groups excluding carboxylic acids is 2. The van der Waals surface area contributed by atoms with Crippen molar-refractivity contribution < 1.29 is 27.5 Å². The molecule has 2 aromatic rings. The predicted molar refractivity (Wildman–Crippen MR) is 135 cm³/mol. The molecule has 0 bridgehead atoms. The van der Waals surface area contributed by atoms with Crippen molar-refractivity contribution in [3.05, 3.63) is 53.7 Å². The van der Waals surface area contributed by atoms with Crippen molar-refractivity contribution in [1.82, 2.24) is 4.98 Å². The Labute approximate surface area is 212 Å². The third-order valence-corrected chi connectivity index (χ3v) is 8.52. The Morgan fingerprint density at radius 1 is 0.972 bits per heavy atom. The molecule has 1 N–H and O–H groups in total. The number of amides is 1. The van der Waals surface area contributed by atoms with Crippen LogP contribution < -0.4 is 5.32 Å². The van der Waals surface area contributed by atoms with E-state index >= 15 is 0 Å². The van der Waals surface area contributed by atoms with Gasteiger partial charge in [0.05, 0.1) is 21.8 Å². The summed E-state index contributed by atoms with van der Waals surface area (Å²) in [7, 11) is -3.32. The number of esters is 1. The van der Waals surface area contributed by atoms with Crippen LogP contribution >= 0.6 is 0 Å². The largest absolute Gasteiger partial charge is 0.456 e. The van der Waals surface area contributed by atoms with Crippen molar-refractivity contribution in [3.8, 4) is 0 Å². The number of nitrogens with one attached hydrogen (secondary N) is 1. The Morgan fingerprint density at radius 2 is 1.64 bits per heavy atom. The normalized spacial score (nSPS) is 17.9. The lowest BCUT2D eigenvalue weighted by Gasteiger charge is -2.27. The summed E-state index contributed by atoms with van der Waals surface area (Å²) in [6.45, 7) is 5.35. The molecular formula is C27H34N2O6S. The number of benzene rings is 1. The minimum Gasteiger partial charge on any atom is -0.456 e. The molecule has 36 heavy (non-hydrogen) atoms. The van der Waals surface area contributed by atoms with E-state index in [-0.39, 0.29) is 27.6 Å². The molecule has 0 radical (unpaired) electrons. The Morgan fingerprint density at radius 3 is 2.19 bits per heavy atom. The van der Waals surface area contributed by atoms with E-state index in [0.29, 0.717) is 18.4 Å².